The Balaban J connectivity index is 1.18. The van der Waals surface area contributed by atoms with E-state index in [9.17, 15) is 18.0 Å². The number of amides is 1. The number of carbonyl (C=O) groups is 1. The third kappa shape index (κ3) is 7.33. The summed E-state index contributed by atoms with van der Waals surface area (Å²) in [6.45, 7) is 5.24. The number of aromatic nitrogens is 2. The van der Waals surface area contributed by atoms with E-state index in [4.69, 9.17) is 9.47 Å². The standard InChI is InChI=1S/C36H39F3N6O3/c1-47-31-14-13-26(22-32(31)48-2)29(12-7-16-40-35-41-17-15-33(42-35)36(37,38)39)45-24-28-27(34(45)46)10-6-11-30(28)44-20-18-43(19-21-44)23-25-8-4-3-5-9-25/h3-6,8-11,13-15,17,22,29H,7,12,16,18-21,23-24H2,1-2H3,(H,40,41,42)/t29-/m1/s1. The van der Waals surface area contributed by atoms with E-state index in [1.54, 1.807) is 14.2 Å². The molecule has 3 heterocycles. The molecule has 1 N–H and O–H groups in total. The maximum Gasteiger partial charge on any atom is 0.433 e. The van der Waals surface area contributed by atoms with Gasteiger partial charge in [-0.05, 0) is 54.3 Å². The van der Waals surface area contributed by atoms with Crippen LogP contribution in [0.3, 0.4) is 0 Å². The second-order valence-electron chi connectivity index (χ2n) is 11.9. The first-order valence-corrected chi connectivity index (χ1v) is 16.0. The molecule has 252 valence electrons. The second-order valence-corrected chi connectivity index (χ2v) is 11.9. The molecule has 3 aromatic carbocycles. The Morgan fingerprint density at radius 3 is 2.42 bits per heavy atom. The number of anilines is 2. The number of rotatable bonds is 12. The second kappa shape index (κ2) is 14.5. The topological polar surface area (TPSA) is 83.1 Å². The monoisotopic (exact) mass is 660 g/mol. The van der Waals surface area contributed by atoms with Crippen LogP contribution in [-0.4, -0.2) is 72.6 Å². The first-order chi connectivity index (χ1) is 23.2. The minimum absolute atomic E-state index is 0.0523. The number of hydrogen-bond acceptors (Lipinski definition) is 8. The number of carbonyl (C=O) groups excluding carboxylic acids is 1. The molecule has 4 aromatic rings. The highest BCUT2D eigenvalue weighted by atomic mass is 19.4. The molecule has 1 saturated heterocycles. The Morgan fingerprint density at radius 1 is 0.917 bits per heavy atom. The average molecular weight is 661 g/mol. The van der Waals surface area contributed by atoms with Crippen molar-refractivity contribution in [2.75, 3.05) is 57.2 Å². The molecule has 1 amide bonds. The van der Waals surface area contributed by atoms with E-state index in [2.05, 4.69) is 55.4 Å². The minimum atomic E-state index is -4.56. The average Bonchev–Trinajstić information content (AvgIpc) is 3.44. The summed E-state index contributed by atoms with van der Waals surface area (Å²) in [5, 5.41) is 2.91. The molecule has 2 aliphatic rings. The van der Waals surface area contributed by atoms with Crippen LogP contribution in [-0.2, 0) is 19.3 Å². The predicted molar refractivity (Wildman–Crippen MR) is 177 cm³/mol. The van der Waals surface area contributed by atoms with Gasteiger partial charge in [-0.25, -0.2) is 9.97 Å². The number of fused-ring (bicyclic) bond motifs is 1. The molecule has 0 bridgehead atoms. The number of halogens is 3. The van der Waals surface area contributed by atoms with Crippen LogP contribution in [0.15, 0.2) is 79.0 Å². The van der Waals surface area contributed by atoms with E-state index in [-0.39, 0.29) is 17.9 Å². The van der Waals surface area contributed by atoms with Crippen molar-refractivity contribution in [3.05, 3.63) is 107 Å². The van der Waals surface area contributed by atoms with Crippen LogP contribution < -0.4 is 19.7 Å². The fraction of sp³-hybridized carbons (Fsp3) is 0.361. The zero-order chi connectivity index (χ0) is 33.7. The Bertz CT molecular complexity index is 1710. The molecular weight excluding hydrogens is 621 g/mol. The van der Waals surface area contributed by atoms with Crippen molar-refractivity contribution in [1.29, 1.82) is 0 Å². The van der Waals surface area contributed by atoms with Crippen LogP contribution in [0.25, 0.3) is 0 Å². The maximum absolute atomic E-state index is 14.1. The minimum Gasteiger partial charge on any atom is -0.493 e. The molecule has 48 heavy (non-hydrogen) atoms. The highest BCUT2D eigenvalue weighted by Gasteiger charge is 2.36. The summed E-state index contributed by atoms with van der Waals surface area (Å²) in [7, 11) is 3.14. The summed E-state index contributed by atoms with van der Waals surface area (Å²) < 4.78 is 50.5. The van der Waals surface area contributed by atoms with Gasteiger partial charge in [0.05, 0.1) is 20.3 Å². The van der Waals surface area contributed by atoms with Gasteiger partial charge in [-0.1, -0.05) is 42.5 Å². The van der Waals surface area contributed by atoms with E-state index < -0.39 is 11.9 Å². The lowest BCUT2D eigenvalue weighted by molar-refractivity contribution is -0.141. The van der Waals surface area contributed by atoms with Gasteiger partial charge in [0.15, 0.2) is 11.5 Å². The molecule has 0 unspecified atom stereocenters. The molecule has 0 radical (unpaired) electrons. The van der Waals surface area contributed by atoms with Gasteiger partial charge >= 0.3 is 6.18 Å². The number of alkyl halides is 3. The SMILES string of the molecule is COc1ccc([C@@H](CCCNc2nccc(C(F)(F)F)n2)N2Cc3c(cccc3N3CCN(Cc4ccccc4)CC3)C2=O)cc1OC. The quantitative estimate of drug-likeness (QED) is 0.174. The van der Waals surface area contributed by atoms with Crippen molar-refractivity contribution in [3.63, 3.8) is 0 Å². The summed E-state index contributed by atoms with van der Waals surface area (Å²) in [4.78, 5) is 28.3. The number of hydrogen-bond donors (Lipinski definition) is 1. The van der Waals surface area contributed by atoms with Gasteiger partial charge in [-0.15, -0.1) is 0 Å². The van der Waals surface area contributed by atoms with Crippen LogP contribution in [0, 0.1) is 0 Å². The van der Waals surface area contributed by atoms with Crippen LogP contribution in [0.1, 0.15) is 51.6 Å². The van der Waals surface area contributed by atoms with E-state index in [0.29, 0.717) is 43.0 Å². The highest BCUT2D eigenvalue weighted by Crippen LogP contribution is 2.40. The summed E-state index contributed by atoms with van der Waals surface area (Å²) >= 11 is 0. The van der Waals surface area contributed by atoms with E-state index >= 15 is 0 Å². The Hall–Kier alpha value is -4.84. The van der Waals surface area contributed by atoms with Crippen molar-refractivity contribution in [2.24, 2.45) is 0 Å². The fourth-order valence-corrected chi connectivity index (χ4v) is 6.53. The third-order valence-electron chi connectivity index (χ3n) is 8.99. The lowest BCUT2D eigenvalue weighted by Crippen LogP contribution is -2.46. The van der Waals surface area contributed by atoms with Crippen LogP contribution in [0.5, 0.6) is 11.5 Å². The van der Waals surface area contributed by atoms with Crippen LogP contribution in [0.2, 0.25) is 0 Å². The Morgan fingerprint density at radius 2 is 1.69 bits per heavy atom. The number of methoxy groups -OCH3 is 2. The molecule has 0 saturated carbocycles. The lowest BCUT2D eigenvalue weighted by Gasteiger charge is -2.37. The highest BCUT2D eigenvalue weighted by molar-refractivity contribution is 6.00. The first kappa shape index (κ1) is 33.1. The molecule has 0 spiro atoms. The molecular formula is C36H39F3N6O3. The van der Waals surface area contributed by atoms with Crippen molar-refractivity contribution in [2.45, 2.75) is 38.1 Å². The van der Waals surface area contributed by atoms with Gasteiger partial charge < -0.3 is 24.6 Å². The van der Waals surface area contributed by atoms with Gasteiger partial charge in [-0.2, -0.15) is 13.2 Å². The number of nitrogens with one attached hydrogen (secondary N) is 1. The zero-order valence-corrected chi connectivity index (χ0v) is 27.0. The molecule has 1 aromatic heterocycles. The van der Waals surface area contributed by atoms with Crippen LogP contribution in [0.4, 0.5) is 24.8 Å². The summed E-state index contributed by atoms with van der Waals surface area (Å²) in [6.07, 6.45) is -2.40. The Kier molecular flexibility index (Phi) is 10.00. The van der Waals surface area contributed by atoms with Crippen molar-refractivity contribution in [1.82, 2.24) is 19.8 Å². The number of benzene rings is 3. The van der Waals surface area contributed by atoms with Gasteiger partial charge in [-0.3, -0.25) is 9.69 Å². The molecule has 1 fully saturated rings. The fourth-order valence-electron chi connectivity index (χ4n) is 6.53. The van der Waals surface area contributed by atoms with Crippen molar-refractivity contribution < 1.29 is 27.4 Å². The molecule has 9 nitrogen and oxygen atoms in total. The Labute approximate surface area is 278 Å². The smallest absolute Gasteiger partial charge is 0.433 e. The van der Waals surface area contributed by atoms with E-state index in [0.717, 1.165) is 61.8 Å². The van der Waals surface area contributed by atoms with Crippen molar-refractivity contribution in [3.8, 4) is 11.5 Å². The summed E-state index contributed by atoms with van der Waals surface area (Å²) in [5.74, 6) is 0.982. The van der Waals surface area contributed by atoms with E-state index in [1.165, 1.54) is 5.56 Å². The third-order valence-corrected chi connectivity index (χ3v) is 8.99. The number of nitrogens with zero attached hydrogens (tertiary/aromatic N) is 5. The maximum atomic E-state index is 14.1. The van der Waals surface area contributed by atoms with Gasteiger partial charge in [0.2, 0.25) is 5.95 Å². The summed E-state index contributed by atoms with van der Waals surface area (Å²) in [6, 6.07) is 22.6. The first-order valence-electron chi connectivity index (χ1n) is 16.0. The van der Waals surface area contributed by atoms with Crippen molar-refractivity contribution >= 4 is 17.5 Å². The summed E-state index contributed by atoms with van der Waals surface area (Å²) in [5.41, 5.74) is 3.96. The van der Waals surface area contributed by atoms with Gasteiger partial charge in [0.1, 0.15) is 5.69 Å². The molecule has 6 rings (SSSR count). The number of ether oxygens (including phenoxy) is 2. The molecule has 12 heteroatoms. The molecule has 1 atom stereocenters. The van der Waals surface area contributed by atoms with Gasteiger partial charge in [0, 0.05) is 68.8 Å². The normalized spacial score (nSPS) is 15.7. The zero-order valence-electron chi connectivity index (χ0n) is 27.0. The van der Waals surface area contributed by atoms with E-state index in [1.807, 2.05) is 41.3 Å². The van der Waals surface area contributed by atoms with Crippen LogP contribution >= 0.6 is 0 Å². The number of piperazine rings is 1. The predicted octanol–water partition coefficient (Wildman–Crippen LogP) is 6.42. The molecule has 2 aliphatic heterocycles. The lowest BCUT2D eigenvalue weighted by atomic mass is 9.99. The van der Waals surface area contributed by atoms with Gasteiger partial charge in [0.25, 0.3) is 5.91 Å². The largest absolute Gasteiger partial charge is 0.493 e. The molecule has 0 aliphatic carbocycles.